The van der Waals surface area contributed by atoms with Gasteiger partial charge >= 0.3 is 0 Å². The summed E-state index contributed by atoms with van der Waals surface area (Å²) in [6.07, 6.45) is 2.69. The van der Waals surface area contributed by atoms with E-state index in [1.165, 1.54) is 19.4 Å². The van der Waals surface area contributed by atoms with E-state index in [2.05, 4.69) is 81.2 Å². The molecule has 1 heteroatoms. The Hall–Kier alpha value is -0.0400. The van der Waals surface area contributed by atoms with Crippen molar-refractivity contribution in [3.05, 3.63) is 0 Å². The Bertz CT molecular complexity index is 298. The molecule has 0 fully saturated rings. The first kappa shape index (κ1) is 22.0. The molecule has 0 heterocycles. The van der Waals surface area contributed by atoms with Crippen molar-refractivity contribution < 1.29 is 0 Å². The maximum Gasteiger partial charge on any atom is 0.000650 e. The molecule has 0 aromatic heterocycles. The normalized spacial score (nSPS) is 17.9. The van der Waals surface area contributed by atoms with Crippen molar-refractivity contribution >= 4 is 0 Å². The zero-order valence-corrected chi connectivity index (χ0v) is 17.6. The zero-order valence-electron chi connectivity index (χ0n) is 17.6. The van der Waals surface area contributed by atoms with E-state index in [1.807, 2.05) is 0 Å². The molecule has 0 saturated heterocycles. The summed E-state index contributed by atoms with van der Waals surface area (Å²) in [5.41, 5.74) is 0.850. The molecule has 0 radical (unpaired) electrons. The molecule has 0 rings (SSSR count). The van der Waals surface area contributed by atoms with Gasteiger partial charge < -0.3 is 4.90 Å². The lowest BCUT2D eigenvalue weighted by molar-refractivity contribution is 0.0930. The molecule has 0 aliphatic carbocycles. The second kappa shape index (κ2) is 8.71. The highest BCUT2D eigenvalue weighted by Gasteiger charge is 2.33. The molecule has 0 saturated carbocycles. The minimum absolute atomic E-state index is 0.419. The Kier molecular flexibility index (Phi) is 8.70. The van der Waals surface area contributed by atoms with E-state index in [-0.39, 0.29) is 0 Å². The van der Waals surface area contributed by atoms with Gasteiger partial charge in [-0.25, -0.2) is 0 Å². The van der Waals surface area contributed by atoms with Crippen molar-refractivity contribution in [1.29, 1.82) is 0 Å². The zero-order chi connectivity index (χ0) is 17.7. The van der Waals surface area contributed by atoms with Gasteiger partial charge in [-0.15, -0.1) is 0 Å². The molecule has 0 bridgehead atoms. The first-order valence-electron chi connectivity index (χ1n) is 9.48. The quantitative estimate of drug-likeness (QED) is 0.480. The largest absolute Gasteiger partial charge is 0.306 e. The standard InChI is InChI=1S/C21H45N/c1-12-22(11)15-17(4)18(5)19(13-20(6,7)8)14-21(9,10)16(2)3/h16-19H,12-15H2,1-11H3. The summed E-state index contributed by atoms with van der Waals surface area (Å²) in [4.78, 5) is 2.46. The van der Waals surface area contributed by atoms with Crippen LogP contribution in [0.15, 0.2) is 0 Å². The third-order valence-corrected chi connectivity index (χ3v) is 6.01. The lowest BCUT2D eigenvalue weighted by Crippen LogP contribution is -2.34. The van der Waals surface area contributed by atoms with E-state index < -0.39 is 0 Å². The Morgan fingerprint density at radius 3 is 1.73 bits per heavy atom. The molecule has 0 aliphatic rings. The second-order valence-corrected chi connectivity index (χ2v) is 10.1. The van der Waals surface area contributed by atoms with Gasteiger partial charge in [-0.3, -0.25) is 0 Å². The Morgan fingerprint density at radius 1 is 0.864 bits per heavy atom. The average Bonchev–Trinajstić information content (AvgIpc) is 2.34. The topological polar surface area (TPSA) is 3.24 Å². The summed E-state index contributed by atoms with van der Waals surface area (Å²) in [6, 6.07) is 0. The maximum atomic E-state index is 2.50. The number of hydrogen-bond acceptors (Lipinski definition) is 1. The minimum atomic E-state index is 0.419. The summed E-state index contributed by atoms with van der Waals surface area (Å²) >= 11 is 0. The second-order valence-electron chi connectivity index (χ2n) is 10.1. The maximum absolute atomic E-state index is 2.50. The predicted molar refractivity (Wildman–Crippen MR) is 102 cm³/mol. The summed E-state index contributed by atoms with van der Waals surface area (Å²) in [7, 11) is 2.25. The van der Waals surface area contributed by atoms with Gasteiger partial charge in [-0.05, 0) is 60.9 Å². The van der Waals surface area contributed by atoms with Crippen LogP contribution in [0.4, 0.5) is 0 Å². The lowest BCUT2D eigenvalue weighted by atomic mass is 9.66. The molecule has 0 aromatic carbocycles. The van der Waals surface area contributed by atoms with Crippen LogP contribution in [-0.4, -0.2) is 25.0 Å². The van der Waals surface area contributed by atoms with Gasteiger partial charge in [0.05, 0.1) is 0 Å². The highest BCUT2D eigenvalue weighted by molar-refractivity contribution is 4.84. The third-order valence-electron chi connectivity index (χ3n) is 6.01. The molecule has 1 nitrogen and oxygen atoms in total. The van der Waals surface area contributed by atoms with Crippen molar-refractivity contribution in [3.8, 4) is 0 Å². The van der Waals surface area contributed by atoms with Crippen LogP contribution in [0.1, 0.15) is 82.1 Å². The smallest absolute Gasteiger partial charge is 0.000650 e. The van der Waals surface area contributed by atoms with Gasteiger partial charge in [-0.1, -0.05) is 69.2 Å². The van der Waals surface area contributed by atoms with Crippen LogP contribution in [-0.2, 0) is 0 Å². The molecular weight excluding hydrogens is 266 g/mol. The Balaban J connectivity index is 5.06. The van der Waals surface area contributed by atoms with Gasteiger partial charge in [0.25, 0.3) is 0 Å². The Labute approximate surface area is 142 Å². The van der Waals surface area contributed by atoms with Gasteiger partial charge in [-0.2, -0.15) is 0 Å². The van der Waals surface area contributed by atoms with Crippen LogP contribution in [0.5, 0.6) is 0 Å². The van der Waals surface area contributed by atoms with E-state index in [0.29, 0.717) is 10.8 Å². The highest BCUT2D eigenvalue weighted by Crippen LogP contribution is 2.42. The van der Waals surface area contributed by atoms with Gasteiger partial charge in [0.15, 0.2) is 0 Å². The van der Waals surface area contributed by atoms with E-state index >= 15 is 0 Å². The van der Waals surface area contributed by atoms with Crippen LogP contribution in [0.25, 0.3) is 0 Å². The van der Waals surface area contributed by atoms with Crippen LogP contribution >= 0.6 is 0 Å². The summed E-state index contributed by atoms with van der Waals surface area (Å²) in [5, 5.41) is 0. The van der Waals surface area contributed by atoms with Gasteiger partial charge in [0, 0.05) is 6.54 Å². The van der Waals surface area contributed by atoms with E-state index in [9.17, 15) is 0 Å². The van der Waals surface area contributed by atoms with Crippen molar-refractivity contribution in [3.63, 3.8) is 0 Å². The Morgan fingerprint density at radius 2 is 1.36 bits per heavy atom. The summed E-state index contributed by atoms with van der Waals surface area (Å²) in [5.74, 6) is 3.11. The molecule has 134 valence electrons. The van der Waals surface area contributed by atoms with Crippen LogP contribution in [0.2, 0.25) is 0 Å². The number of hydrogen-bond donors (Lipinski definition) is 0. The summed E-state index contributed by atoms with van der Waals surface area (Å²) < 4.78 is 0. The van der Waals surface area contributed by atoms with E-state index in [4.69, 9.17) is 0 Å². The fraction of sp³-hybridized carbons (Fsp3) is 1.00. The molecule has 0 aliphatic heterocycles. The lowest BCUT2D eigenvalue weighted by Gasteiger charge is -2.41. The van der Waals surface area contributed by atoms with Crippen LogP contribution in [0.3, 0.4) is 0 Å². The third kappa shape index (κ3) is 7.99. The van der Waals surface area contributed by atoms with Crippen molar-refractivity contribution in [2.75, 3.05) is 20.1 Å². The predicted octanol–water partition coefficient (Wildman–Crippen LogP) is 6.34. The fourth-order valence-corrected chi connectivity index (χ4v) is 3.39. The minimum Gasteiger partial charge on any atom is -0.306 e. The first-order valence-corrected chi connectivity index (χ1v) is 9.48. The molecule has 0 aromatic rings. The molecule has 3 unspecified atom stereocenters. The van der Waals surface area contributed by atoms with Crippen molar-refractivity contribution in [1.82, 2.24) is 4.90 Å². The molecule has 0 amide bonds. The highest BCUT2D eigenvalue weighted by atomic mass is 15.1. The van der Waals surface area contributed by atoms with Gasteiger partial charge in [0.2, 0.25) is 0 Å². The molecular formula is C21H45N. The summed E-state index contributed by atoms with van der Waals surface area (Å²) in [6.45, 7) is 26.5. The number of nitrogens with zero attached hydrogens (tertiary/aromatic N) is 1. The average molecular weight is 312 g/mol. The van der Waals surface area contributed by atoms with Crippen LogP contribution < -0.4 is 0 Å². The molecule has 0 N–H and O–H groups in total. The SMILES string of the molecule is CCN(C)CC(C)C(C)C(CC(C)(C)C)CC(C)(C)C(C)C. The van der Waals surface area contributed by atoms with E-state index in [0.717, 1.165) is 30.2 Å². The molecule has 22 heavy (non-hydrogen) atoms. The fourth-order valence-electron chi connectivity index (χ4n) is 3.39. The molecule has 3 atom stereocenters. The monoisotopic (exact) mass is 311 g/mol. The van der Waals surface area contributed by atoms with E-state index in [1.54, 1.807) is 0 Å². The van der Waals surface area contributed by atoms with Gasteiger partial charge in [0.1, 0.15) is 0 Å². The molecule has 0 spiro atoms. The van der Waals surface area contributed by atoms with Crippen molar-refractivity contribution in [2.24, 2.45) is 34.5 Å². The van der Waals surface area contributed by atoms with Crippen LogP contribution in [0, 0.1) is 34.5 Å². The first-order chi connectivity index (χ1) is 9.80. The van der Waals surface area contributed by atoms with Crippen molar-refractivity contribution in [2.45, 2.75) is 82.1 Å². The number of rotatable bonds is 9.